The van der Waals surface area contributed by atoms with Gasteiger partial charge in [0.05, 0.1) is 6.21 Å². The number of benzene rings is 1. The Bertz CT molecular complexity index is 310. The molecule has 0 bridgehead atoms. The van der Waals surface area contributed by atoms with E-state index in [1.165, 1.54) is 12.8 Å². The Labute approximate surface area is 90.8 Å². The Balaban J connectivity index is 2.29. The smallest absolute Gasteiger partial charge is 0.124 e. The predicted octanol–water partition coefficient (Wildman–Crippen LogP) is 2.51. The average Bonchev–Trinajstić information content (AvgIpc) is 2.25. The van der Waals surface area contributed by atoms with Crippen LogP contribution in [0, 0.1) is 0 Å². The van der Waals surface area contributed by atoms with Gasteiger partial charge in [0.1, 0.15) is 5.75 Å². The number of phenols is 1. The van der Waals surface area contributed by atoms with Crippen LogP contribution in [-0.4, -0.2) is 17.9 Å². The predicted molar refractivity (Wildman–Crippen MR) is 63.2 cm³/mol. The van der Waals surface area contributed by atoms with E-state index >= 15 is 0 Å². The number of nitrogens with zero attached hydrogens (tertiary/aromatic N) is 1. The van der Waals surface area contributed by atoms with Gasteiger partial charge in [-0.3, -0.25) is 0 Å². The highest BCUT2D eigenvalue weighted by Crippen LogP contribution is 2.12. The fourth-order valence-electron chi connectivity index (χ4n) is 1.23. The van der Waals surface area contributed by atoms with Crippen molar-refractivity contribution in [3.05, 3.63) is 29.8 Å². The van der Waals surface area contributed by atoms with E-state index in [0.717, 1.165) is 18.5 Å². The summed E-state index contributed by atoms with van der Waals surface area (Å²) in [5, 5.41) is 13.5. The Morgan fingerprint density at radius 1 is 1.33 bits per heavy atom. The van der Waals surface area contributed by atoms with Gasteiger partial charge < -0.3 is 10.5 Å². The van der Waals surface area contributed by atoms with E-state index in [1.54, 1.807) is 18.3 Å². The maximum atomic E-state index is 9.43. The van der Waals surface area contributed by atoms with Crippen molar-refractivity contribution < 1.29 is 5.11 Å². The van der Waals surface area contributed by atoms with Crippen molar-refractivity contribution in [2.24, 2.45) is 5.10 Å². The van der Waals surface area contributed by atoms with Gasteiger partial charge in [-0.05, 0) is 18.6 Å². The largest absolute Gasteiger partial charge is 0.507 e. The maximum Gasteiger partial charge on any atom is 0.124 e. The summed E-state index contributed by atoms with van der Waals surface area (Å²) in [6, 6.07) is 7.14. The van der Waals surface area contributed by atoms with Gasteiger partial charge in [0.15, 0.2) is 0 Å². The molecule has 2 N–H and O–H groups in total. The van der Waals surface area contributed by atoms with Crippen molar-refractivity contribution in [3.63, 3.8) is 0 Å². The molecule has 1 rings (SSSR count). The number of unbranched alkanes of at least 4 members (excludes halogenated alkanes) is 2. The second-order valence-corrected chi connectivity index (χ2v) is 3.43. The Morgan fingerprint density at radius 2 is 2.13 bits per heavy atom. The standard InChI is InChI=1S/C12H18N2O/c1-2-3-6-9-13-14-10-11-7-4-5-8-12(11)15/h4-5,7-8,10,13,15H,2-3,6,9H2,1H3/b14-10+. The molecule has 15 heavy (non-hydrogen) atoms. The first kappa shape index (κ1) is 11.6. The normalized spacial score (nSPS) is 10.7. The van der Waals surface area contributed by atoms with Crippen LogP contribution >= 0.6 is 0 Å². The number of hydrazone groups is 1. The average molecular weight is 206 g/mol. The highest BCUT2D eigenvalue weighted by molar-refractivity contribution is 5.82. The first-order valence-electron chi connectivity index (χ1n) is 5.38. The Kier molecular flexibility index (Phi) is 5.30. The molecule has 0 atom stereocenters. The van der Waals surface area contributed by atoms with Gasteiger partial charge >= 0.3 is 0 Å². The lowest BCUT2D eigenvalue weighted by Gasteiger charge is -1.99. The molecule has 0 aliphatic heterocycles. The topological polar surface area (TPSA) is 44.6 Å². The molecule has 0 unspecified atom stereocenters. The second-order valence-electron chi connectivity index (χ2n) is 3.43. The molecule has 0 saturated carbocycles. The maximum absolute atomic E-state index is 9.43. The number of nitrogens with one attached hydrogen (secondary N) is 1. The molecule has 0 amide bonds. The van der Waals surface area contributed by atoms with Crippen LogP contribution in [-0.2, 0) is 0 Å². The molecule has 0 radical (unpaired) electrons. The molecule has 1 aromatic carbocycles. The quantitative estimate of drug-likeness (QED) is 0.427. The first-order valence-corrected chi connectivity index (χ1v) is 5.38. The number of rotatable bonds is 6. The molecule has 3 nitrogen and oxygen atoms in total. The summed E-state index contributed by atoms with van der Waals surface area (Å²) in [7, 11) is 0. The summed E-state index contributed by atoms with van der Waals surface area (Å²) >= 11 is 0. The van der Waals surface area contributed by atoms with Crippen LogP contribution < -0.4 is 5.43 Å². The van der Waals surface area contributed by atoms with Gasteiger partial charge in [0.2, 0.25) is 0 Å². The summed E-state index contributed by atoms with van der Waals surface area (Å²) in [4.78, 5) is 0. The summed E-state index contributed by atoms with van der Waals surface area (Å²) in [5.74, 6) is 0.261. The lowest BCUT2D eigenvalue weighted by Crippen LogP contribution is -2.07. The Morgan fingerprint density at radius 3 is 2.87 bits per heavy atom. The van der Waals surface area contributed by atoms with Gasteiger partial charge in [-0.25, -0.2) is 0 Å². The van der Waals surface area contributed by atoms with Gasteiger partial charge in [0.25, 0.3) is 0 Å². The van der Waals surface area contributed by atoms with E-state index in [-0.39, 0.29) is 5.75 Å². The van der Waals surface area contributed by atoms with E-state index in [9.17, 15) is 5.11 Å². The van der Waals surface area contributed by atoms with Crippen LogP contribution in [0.4, 0.5) is 0 Å². The van der Waals surface area contributed by atoms with Crippen molar-refractivity contribution in [1.29, 1.82) is 0 Å². The third kappa shape index (κ3) is 4.49. The number of aromatic hydroxyl groups is 1. The molecule has 0 fully saturated rings. The molecule has 0 spiro atoms. The lowest BCUT2D eigenvalue weighted by molar-refractivity contribution is 0.474. The van der Waals surface area contributed by atoms with Gasteiger partial charge in [-0.2, -0.15) is 5.10 Å². The summed E-state index contributed by atoms with van der Waals surface area (Å²) in [6.07, 6.45) is 5.21. The Hall–Kier alpha value is -1.51. The molecule has 82 valence electrons. The van der Waals surface area contributed by atoms with Crippen LogP contribution in [0.3, 0.4) is 0 Å². The molecule has 0 aromatic heterocycles. The number of para-hydroxylation sites is 1. The van der Waals surface area contributed by atoms with Gasteiger partial charge in [-0.1, -0.05) is 31.9 Å². The molecular formula is C12H18N2O. The van der Waals surface area contributed by atoms with Crippen molar-refractivity contribution in [3.8, 4) is 5.75 Å². The molecule has 0 aliphatic rings. The van der Waals surface area contributed by atoms with Gasteiger partial charge in [-0.15, -0.1) is 0 Å². The molecular weight excluding hydrogens is 188 g/mol. The molecule has 1 aromatic rings. The monoisotopic (exact) mass is 206 g/mol. The molecule has 0 aliphatic carbocycles. The zero-order valence-corrected chi connectivity index (χ0v) is 9.11. The van der Waals surface area contributed by atoms with E-state index in [1.807, 2.05) is 12.1 Å². The van der Waals surface area contributed by atoms with E-state index < -0.39 is 0 Å². The van der Waals surface area contributed by atoms with Crippen LogP contribution in [0.5, 0.6) is 5.75 Å². The summed E-state index contributed by atoms with van der Waals surface area (Å²) in [5.41, 5.74) is 3.69. The van der Waals surface area contributed by atoms with Crippen LogP contribution in [0.2, 0.25) is 0 Å². The van der Waals surface area contributed by atoms with Crippen molar-refractivity contribution in [2.45, 2.75) is 26.2 Å². The third-order valence-electron chi connectivity index (χ3n) is 2.12. The van der Waals surface area contributed by atoms with E-state index in [0.29, 0.717) is 0 Å². The van der Waals surface area contributed by atoms with Crippen LogP contribution in [0.15, 0.2) is 29.4 Å². The SMILES string of the molecule is CCCCCN/N=C/c1ccccc1O. The van der Waals surface area contributed by atoms with Crippen LogP contribution in [0.1, 0.15) is 31.7 Å². The summed E-state index contributed by atoms with van der Waals surface area (Å²) in [6.45, 7) is 3.06. The highest BCUT2D eigenvalue weighted by atomic mass is 16.3. The van der Waals surface area contributed by atoms with Crippen molar-refractivity contribution in [2.75, 3.05) is 6.54 Å². The first-order chi connectivity index (χ1) is 7.34. The minimum Gasteiger partial charge on any atom is -0.507 e. The number of hydrogen-bond donors (Lipinski definition) is 2. The molecule has 0 heterocycles. The second kappa shape index (κ2) is 6.87. The summed E-state index contributed by atoms with van der Waals surface area (Å²) < 4.78 is 0. The van der Waals surface area contributed by atoms with E-state index in [4.69, 9.17) is 0 Å². The zero-order chi connectivity index (χ0) is 10.9. The van der Waals surface area contributed by atoms with Crippen molar-refractivity contribution >= 4 is 6.21 Å². The lowest BCUT2D eigenvalue weighted by atomic mass is 10.2. The van der Waals surface area contributed by atoms with E-state index in [2.05, 4.69) is 17.5 Å². The van der Waals surface area contributed by atoms with Crippen LogP contribution in [0.25, 0.3) is 0 Å². The number of phenolic OH excluding ortho intramolecular Hbond substituents is 1. The van der Waals surface area contributed by atoms with Crippen molar-refractivity contribution in [1.82, 2.24) is 5.43 Å². The van der Waals surface area contributed by atoms with Gasteiger partial charge in [0, 0.05) is 12.1 Å². The minimum absolute atomic E-state index is 0.261. The zero-order valence-electron chi connectivity index (χ0n) is 9.11. The third-order valence-corrected chi connectivity index (χ3v) is 2.12. The molecule has 0 saturated heterocycles. The number of hydrogen-bond acceptors (Lipinski definition) is 3. The minimum atomic E-state index is 0.261. The molecule has 3 heteroatoms. The fraction of sp³-hybridized carbons (Fsp3) is 0.417. The fourth-order valence-corrected chi connectivity index (χ4v) is 1.23. The highest BCUT2D eigenvalue weighted by Gasteiger charge is 1.93.